The summed E-state index contributed by atoms with van der Waals surface area (Å²) in [5.41, 5.74) is 1.81. The van der Waals surface area contributed by atoms with Crippen molar-refractivity contribution in [2.75, 3.05) is 6.61 Å². The number of ketones is 2. The van der Waals surface area contributed by atoms with E-state index in [1.165, 1.54) is 6.08 Å². The van der Waals surface area contributed by atoms with Crippen LogP contribution in [0.15, 0.2) is 72.3 Å². The minimum Gasteiger partial charge on any atom is -0.463 e. The first kappa shape index (κ1) is 20.7. The molecule has 0 aliphatic carbocycles. The Morgan fingerprint density at radius 2 is 1.69 bits per heavy atom. The zero-order valence-corrected chi connectivity index (χ0v) is 16.4. The zero-order chi connectivity index (χ0) is 20.6. The highest BCUT2D eigenvalue weighted by atomic mass is 16.5. The van der Waals surface area contributed by atoms with Gasteiger partial charge in [0.05, 0.1) is 18.8 Å². The fourth-order valence-electron chi connectivity index (χ4n) is 3.39. The second-order valence-corrected chi connectivity index (χ2v) is 6.90. The first-order chi connectivity index (χ1) is 14.1. The molecule has 1 saturated heterocycles. The predicted molar refractivity (Wildman–Crippen MR) is 108 cm³/mol. The maximum atomic E-state index is 12.8. The normalized spacial score (nSPS) is 20.9. The summed E-state index contributed by atoms with van der Waals surface area (Å²) in [6.45, 7) is 1.94. The summed E-state index contributed by atoms with van der Waals surface area (Å²) in [4.78, 5) is 37.4. The minimum atomic E-state index is -0.554. The number of ether oxygens (including phenoxy) is 2. The van der Waals surface area contributed by atoms with E-state index in [0.717, 1.165) is 5.56 Å². The molecule has 0 N–H and O–H groups in total. The Morgan fingerprint density at radius 1 is 1.03 bits per heavy atom. The molecule has 0 bridgehead atoms. The van der Waals surface area contributed by atoms with Gasteiger partial charge in [0.1, 0.15) is 0 Å². The topological polar surface area (TPSA) is 69.7 Å². The smallest absolute Gasteiger partial charge is 0.331 e. The van der Waals surface area contributed by atoms with E-state index in [-0.39, 0.29) is 37.4 Å². The molecule has 1 fully saturated rings. The summed E-state index contributed by atoms with van der Waals surface area (Å²) < 4.78 is 11.2. The predicted octanol–water partition coefficient (Wildman–Crippen LogP) is 4.24. The number of carbonyl (C=O) groups excluding carboxylic acids is 3. The number of hydrogen-bond donors (Lipinski definition) is 0. The molecule has 1 aliphatic rings. The molecular weight excluding hydrogens is 368 g/mol. The van der Waals surface area contributed by atoms with Crippen molar-refractivity contribution in [3.8, 4) is 0 Å². The number of rotatable bonds is 6. The van der Waals surface area contributed by atoms with Gasteiger partial charge in [0, 0.05) is 36.5 Å². The average Bonchev–Trinajstić information content (AvgIpc) is 2.88. The van der Waals surface area contributed by atoms with Gasteiger partial charge in [0.25, 0.3) is 0 Å². The van der Waals surface area contributed by atoms with Crippen LogP contribution in [0, 0.1) is 0 Å². The Bertz CT molecular complexity index is 886. The van der Waals surface area contributed by atoms with E-state index >= 15 is 0 Å². The zero-order valence-electron chi connectivity index (χ0n) is 16.4. The molecule has 0 radical (unpaired) electrons. The standard InChI is InChI=1S/C24H24O5/c1-2-28-24(27)14-19-13-20(15-21(25)17-9-5-3-6-10-17)29-23(16-22(19)26)18-11-7-4-8-12-18/h3-12,14,20,23H,2,13,15-16H2,1H3/b19-14+/t20-,23-/m1/s1. The third-order valence-corrected chi connectivity index (χ3v) is 4.79. The first-order valence-electron chi connectivity index (χ1n) is 9.76. The van der Waals surface area contributed by atoms with E-state index in [2.05, 4.69) is 0 Å². The van der Waals surface area contributed by atoms with Gasteiger partial charge in [-0.25, -0.2) is 4.79 Å². The van der Waals surface area contributed by atoms with Crippen molar-refractivity contribution >= 4 is 17.5 Å². The van der Waals surface area contributed by atoms with Crippen LogP contribution in [0.2, 0.25) is 0 Å². The molecule has 5 nitrogen and oxygen atoms in total. The van der Waals surface area contributed by atoms with Crippen molar-refractivity contribution in [2.45, 2.75) is 38.4 Å². The van der Waals surface area contributed by atoms with Crippen LogP contribution >= 0.6 is 0 Å². The summed E-state index contributed by atoms with van der Waals surface area (Å²) in [6.07, 6.45) is 0.694. The second-order valence-electron chi connectivity index (χ2n) is 6.90. The molecule has 0 unspecified atom stereocenters. The van der Waals surface area contributed by atoms with E-state index in [4.69, 9.17) is 9.47 Å². The largest absolute Gasteiger partial charge is 0.463 e. The van der Waals surface area contributed by atoms with E-state index in [1.54, 1.807) is 19.1 Å². The van der Waals surface area contributed by atoms with Crippen molar-refractivity contribution in [3.05, 3.63) is 83.4 Å². The van der Waals surface area contributed by atoms with E-state index < -0.39 is 18.2 Å². The van der Waals surface area contributed by atoms with Crippen molar-refractivity contribution in [1.82, 2.24) is 0 Å². The minimum absolute atomic E-state index is 0.0627. The number of hydrogen-bond acceptors (Lipinski definition) is 5. The summed E-state index contributed by atoms with van der Waals surface area (Å²) in [5.74, 6) is -0.782. The Labute approximate surface area is 170 Å². The van der Waals surface area contributed by atoms with Crippen molar-refractivity contribution in [3.63, 3.8) is 0 Å². The number of esters is 1. The highest BCUT2D eigenvalue weighted by Gasteiger charge is 2.31. The van der Waals surface area contributed by atoms with Crippen LogP contribution in [0.4, 0.5) is 0 Å². The fraction of sp³-hybridized carbons (Fsp3) is 0.292. The van der Waals surface area contributed by atoms with Crippen LogP contribution < -0.4 is 0 Å². The number of Topliss-reactive ketones (excluding diaryl/α,β-unsaturated/α-hetero) is 2. The lowest BCUT2D eigenvalue weighted by Crippen LogP contribution is -2.19. The van der Waals surface area contributed by atoms with Crippen molar-refractivity contribution < 1.29 is 23.9 Å². The molecule has 29 heavy (non-hydrogen) atoms. The molecule has 2 atom stereocenters. The fourth-order valence-corrected chi connectivity index (χ4v) is 3.39. The van der Waals surface area contributed by atoms with Gasteiger partial charge in [0.2, 0.25) is 0 Å². The van der Waals surface area contributed by atoms with Gasteiger partial charge in [-0.3, -0.25) is 9.59 Å². The highest BCUT2D eigenvalue weighted by molar-refractivity contribution is 6.01. The molecule has 1 heterocycles. The third kappa shape index (κ3) is 5.72. The second kappa shape index (κ2) is 9.94. The van der Waals surface area contributed by atoms with Gasteiger partial charge in [-0.05, 0) is 12.5 Å². The van der Waals surface area contributed by atoms with Gasteiger partial charge in [-0.1, -0.05) is 60.7 Å². The first-order valence-corrected chi connectivity index (χ1v) is 9.76. The lowest BCUT2D eigenvalue weighted by atomic mass is 9.97. The summed E-state index contributed by atoms with van der Waals surface area (Å²) in [6, 6.07) is 18.4. The number of benzene rings is 2. The molecule has 0 saturated carbocycles. The molecule has 0 spiro atoms. The molecule has 5 heteroatoms. The Balaban J connectivity index is 1.85. The summed E-state index contributed by atoms with van der Waals surface area (Å²) >= 11 is 0. The summed E-state index contributed by atoms with van der Waals surface area (Å²) in [7, 11) is 0. The van der Waals surface area contributed by atoms with Crippen molar-refractivity contribution in [2.24, 2.45) is 0 Å². The van der Waals surface area contributed by atoms with Gasteiger partial charge in [-0.2, -0.15) is 0 Å². The van der Waals surface area contributed by atoms with Gasteiger partial charge in [0.15, 0.2) is 11.6 Å². The Kier molecular flexibility index (Phi) is 7.09. The average molecular weight is 392 g/mol. The quantitative estimate of drug-likeness (QED) is 0.418. The number of carbonyl (C=O) groups is 3. The van der Waals surface area contributed by atoms with Crippen LogP contribution in [0.1, 0.15) is 48.2 Å². The molecule has 0 amide bonds. The van der Waals surface area contributed by atoms with Gasteiger partial charge < -0.3 is 9.47 Å². The van der Waals surface area contributed by atoms with Gasteiger partial charge >= 0.3 is 5.97 Å². The Hall–Kier alpha value is -3.05. The molecule has 2 aromatic carbocycles. The SMILES string of the molecule is CCOC(=O)/C=C1\C[C@H](CC(=O)c2ccccc2)O[C@@H](c2ccccc2)CC1=O. The maximum Gasteiger partial charge on any atom is 0.331 e. The molecule has 1 aliphatic heterocycles. The van der Waals surface area contributed by atoms with E-state index in [0.29, 0.717) is 11.1 Å². The van der Waals surface area contributed by atoms with Crippen LogP contribution in [-0.4, -0.2) is 30.2 Å². The van der Waals surface area contributed by atoms with Crippen LogP contribution in [0.25, 0.3) is 0 Å². The van der Waals surface area contributed by atoms with Crippen molar-refractivity contribution in [1.29, 1.82) is 0 Å². The van der Waals surface area contributed by atoms with Gasteiger partial charge in [-0.15, -0.1) is 0 Å². The Morgan fingerprint density at radius 3 is 2.34 bits per heavy atom. The molecular formula is C24H24O5. The van der Waals surface area contributed by atoms with Crippen LogP contribution in [0.3, 0.4) is 0 Å². The van der Waals surface area contributed by atoms with E-state index in [9.17, 15) is 14.4 Å². The maximum absolute atomic E-state index is 12.8. The lowest BCUT2D eigenvalue weighted by Gasteiger charge is -2.21. The highest BCUT2D eigenvalue weighted by Crippen LogP contribution is 2.32. The lowest BCUT2D eigenvalue weighted by molar-refractivity contribution is -0.137. The molecule has 0 aromatic heterocycles. The van der Waals surface area contributed by atoms with E-state index in [1.807, 2.05) is 48.5 Å². The molecule has 2 aromatic rings. The molecule has 150 valence electrons. The monoisotopic (exact) mass is 392 g/mol. The molecule has 3 rings (SSSR count). The third-order valence-electron chi connectivity index (χ3n) is 4.79. The van der Waals surface area contributed by atoms with Crippen LogP contribution in [0.5, 0.6) is 0 Å². The summed E-state index contributed by atoms with van der Waals surface area (Å²) in [5, 5.41) is 0. The van der Waals surface area contributed by atoms with Crippen LogP contribution in [-0.2, 0) is 19.1 Å².